The van der Waals surface area contributed by atoms with Gasteiger partial charge in [-0.25, -0.2) is 4.98 Å². The van der Waals surface area contributed by atoms with Gasteiger partial charge in [0.05, 0.1) is 24.4 Å². The first-order valence-corrected chi connectivity index (χ1v) is 12.1. The first kappa shape index (κ1) is 24.2. The second kappa shape index (κ2) is 12.6. The highest BCUT2D eigenvalue weighted by atomic mass is 16.5. The van der Waals surface area contributed by atoms with Gasteiger partial charge in [0.2, 0.25) is 0 Å². The van der Waals surface area contributed by atoms with Crippen molar-refractivity contribution in [1.29, 1.82) is 0 Å². The van der Waals surface area contributed by atoms with Crippen LogP contribution in [-0.4, -0.2) is 41.7 Å². The van der Waals surface area contributed by atoms with Crippen LogP contribution < -0.4 is 4.74 Å². The van der Waals surface area contributed by atoms with Crippen LogP contribution in [0, 0.1) is 0 Å². The third kappa shape index (κ3) is 6.54. The van der Waals surface area contributed by atoms with E-state index in [1.54, 1.807) is 7.11 Å². The molecule has 0 bridgehead atoms. The normalized spacial score (nSPS) is 12.4. The maximum Gasteiger partial charge on any atom is 0.119 e. The van der Waals surface area contributed by atoms with Gasteiger partial charge in [0.25, 0.3) is 0 Å². The molecule has 4 heteroatoms. The zero-order chi connectivity index (χ0) is 22.8. The van der Waals surface area contributed by atoms with E-state index >= 15 is 0 Å². The Balaban J connectivity index is 1.81. The number of benzene rings is 2. The quantitative estimate of drug-likeness (QED) is 0.328. The lowest BCUT2D eigenvalue weighted by Crippen LogP contribution is -2.27. The summed E-state index contributed by atoms with van der Waals surface area (Å²) >= 11 is 0. The summed E-state index contributed by atoms with van der Waals surface area (Å²) in [6, 6.07) is 18.1. The van der Waals surface area contributed by atoms with Crippen LogP contribution in [0.2, 0.25) is 0 Å². The van der Waals surface area contributed by atoms with Crippen molar-refractivity contribution in [1.82, 2.24) is 9.88 Å². The summed E-state index contributed by atoms with van der Waals surface area (Å²) in [5.41, 5.74) is 3.77. The number of aliphatic hydroxyl groups is 1. The van der Waals surface area contributed by atoms with Gasteiger partial charge in [0.15, 0.2) is 0 Å². The number of aromatic nitrogens is 1. The Hall–Kier alpha value is -2.43. The summed E-state index contributed by atoms with van der Waals surface area (Å²) in [5, 5.41) is 12.2. The molecule has 1 aromatic heterocycles. The lowest BCUT2D eigenvalue weighted by Gasteiger charge is -2.23. The molecule has 2 aromatic carbocycles. The summed E-state index contributed by atoms with van der Waals surface area (Å²) in [6.45, 7) is 7.83. The number of hydrogen-bond donors (Lipinski definition) is 1. The van der Waals surface area contributed by atoms with Crippen molar-refractivity contribution in [2.75, 3.05) is 26.7 Å². The summed E-state index contributed by atoms with van der Waals surface area (Å²) in [5.74, 6) is 0.783. The van der Waals surface area contributed by atoms with Crippen molar-refractivity contribution in [3.63, 3.8) is 0 Å². The largest absolute Gasteiger partial charge is 0.497 e. The first-order chi connectivity index (χ1) is 15.7. The zero-order valence-corrected chi connectivity index (χ0v) is 19.9. The molecule has 0 aliphatic rings. The van der Waals surface area contributed by atoms with Gasteiger partial charge in [-0.15, -0.1) is 0 Å². The highest BCUT2D eigenvalue weighted by Gasteiger charge is 2.16. The molecule has 0 amide bonds. The average molecular weight is 435 g/mol. The number of pyridine rings is 1. The zero-order valence-electron chi connectivity index (χ0n) is 19.9. The fourth-order valence-corrected chi connectivity index (χ4v) is 4.15. The van der Waals surface area contributed by atoms with Crippen LogP contribution in [0.4, 0.5) is 0 Å². The summed E-state index contributed by atoms with van der Waals surface area (Å²) < 4.78 is 5.44. The predicted molar refractivity (Wildman–Crippen MR) is 134 cm³/mol. The molecule has 1 unspecified atom stereocenters. The number of hydrogen-bond acceptors (Lipinski definition) is 4. The molecule has 1 atom stereocenters. The summed E-state index contributed by atoms with van der Waals surface area (Å²) in [4.78, 5) is 7.42. The van der Waals surface area contributed by atoms with Gasteiger partial charge in [-0.3, -0.25) is 0 Å². The molecular formula is C28H38N2O2. The Morgan fingerprint density at radius 3 is 2.25 bits per heavy atom. The smallest absolute Gasteiger partial charge is 0.119 e. The van der Waals surface area contributed by atoms with E-state index in [1.807, 2.05) is 42.5 Å². The molecule has 1 N–H and O–H groups in total. The minimum Gasteiger partial charge on any atom is -0.497 e. The Bertz CT molecular complexity index is 950. The van der Waals surface area contributed by atoms with E-state index in [0.717, 1.165) is 65.9 Å². The maximum atomic E-state index is 11.2. The Kier molecular flexibility index (Phi) is 9.51. The lowest BCUT2D eigenvalue weighted by molar-refractivity contribution is 0.156. The number of unbranched alkanes of at least 4 members (excludes halogenated alkanes) is 2. The van der Waals surface area contributed by atoms with Gasteiger partial charge >= 0.3 is 0 Å². The molecule has 0 radical (unpaired) electrons. The summed E-state index contributed by atoms with van der Waals surface area (Å²) in [6.07, 6.45) is 6.09. The van der Waals surface area contributed by atoms with Gasteiger partial charge in [0.1, 0.15) is 5.75 Å². The molecule has 4 nitrogen and oxygen atoms in total. The van der Waals surface area contributed by atoms with Crippen LogP contribution in [0.3, 0.4) is 0 Å². The second-order valence-electron chi connectivity index (χ2n) is 8.55. The molecule has 0 aliphatic heterocycles. The Morgan fingerprint density at radius 1 is 0.906 bits per heavy atom. The lowest BCUT2D eigenvalue weighted by atomic mass is 9.97. The number of nitrogens with zero attached hydrogens (tertiary/aromatic N) is 2. The van der Waals surface area contributed by atoms with Gasteiger partial charge in [-0.1, -0.05) is 57.0 Å². The number of aliphatic hydroxyl groups excluding tert-OH is 1. The second-order valence-corrected chi connectivity index (χ2v) is 8.55. The minimum absolute atomic E-state index is 0.533. The van der Waals surface area contributed by atoms with Gasteiger partial charge in [0, 0.05) is 10.9 Å². The van der Waals surface area contributed by atoms with E-state index in [0.29, 0.717) is 0 Å². The highest BCUT2D eigenvalue weighted by molar-refractivity contribution is 5.86. The maximum absolute atomic E-state index is 11.2. The summed E-state index contributed by atoms with van der Waals surface area (Å²) in [7, 11) is 1.67. The molecule has 3 rings (SSSR count). The fourth-order valence-electron chi connectivity index (χ4n) is 4.15. The van der Waals surface area contributed by atoms with Crippen LogP contribution in [0.15, 0.2) is 54.6 Å². The molecule has 0 fully saturated rings. The third-order valence-electron chi connectivity index (χ3n) is 6.08. The monoisotopic (exact) mass is 434 g/mol. The van der Waals surface area contributed by atoms with E-state index in [9.17, 15) is 5.11 Å². The topological polar surface area (TPSA) is 45.6 Å². The van der Waals surface area contributed by atoms with Crippen LogP contribution in [-0.2, 0) is 0 Å². The molecule has 0 saturated heterocycles. The minimum atomic E-state index is -0.533. The van der Waals surface area contributed by atoms with E-state index in [4.69, 9.17) is 9.72 Å². The van der Waals surface area contributed by atoms with Crippen molar-refractivity contribution < 1.29 is 9.84 Å². The molecule has 0 saturated carbocycles. The first-order valence-electron chi connectivity index (χ1n) is 12.1. The van der Waals surface area contributed by atoms with Crippen molar-refractivity contribution >= 4 is 10.9 Å². The van der Waals surface area contributed by atoms with E-state index in [-0.39, 0.29) is 0 Å². The van der Waals surface area contributed by atoms with Crippen LogP contribution in [0.25, 0.3) is 22.2 Å². The number of rotatable bonds is 13. The van der Waals surface area contributed by atoms with Gasteiger partial charge in [-0.05, 0) is 75.1 Å². The molecule has 32 heavy (non-hydrogen) atoms. The third-order valence-corrected chi connectivity index (χ3v) is 6.08. The van der Waals surface area contributed by atoms with Crippen molar-refractivity contribution in [3.8, 4) is 17.0 Å². The van der Waals surface area contributed by atoms with Crippen LogP contribution in [0.5, 0.6) is 5.75 Å². The van der Waals surface area contributed by atoms with Gasteiger partial charge in [-0.2, -0.15) is 0 Å². The standard InChI is InChI=1S/C28H38N2O2/c1-4-6-17-30(18-7-5-2)19-11-14-28(31)25-21-27(22-12-9-8-10-13-22)29-26-16-15-23(32-3)20-24(25)26/h8-10,12-13,15-16,20-21,28,31H,4-7,11,14,17-19H2,1-3H3. The fraction of sp³-hybridized carbons (Fsp3) is 0.464. The number of ether oxygens (including phenoxy) is 1. The van der Waals surface area contributed by atoms with Crippen LogP contribution >= 0.6 is 0 Å². The molecular weight excluding hydrogens is 396 g/mol. The molecule has 0 spiro atoms. The number of methoxy groups -OCH3 is 1. The Labute approximate surface area is 193 Å². The van der Waals surface area contributed by atoms with Crippen molar-refractivity contribution in [3.05, 3.63) is 60.2 Å². The number of fused-ring (bicyclic) bond motifs is 1. The molecule has 0 aliphatic carbocycles. The van der Waals surface area contributed by atoms with E-state index in [2.05, 4.69) is 30.9 Å². The van der Waals surface area contributed by atoms with Gasteiger partial charge < -0.3 is 14.7 Å². The van der Waals surface area contributed by atoms with Crippen molar-refractivity contribution in [2.24, 2.45) is 0 Å². The van der Waals surface area contributed by atoms with Crippen LogP contribution in [0.1, 0.15) is 64.0 Å². The Morgan fingerprint density at radius 2 is 1.59 bits per heavy atom. The molecule has 172 valence electrons. The molecule has 1 heterocycles. The highest BCUT2D eigenvalue weighted by Crippen LogP contribution is 2.32. The van der Waals surface area contributed by atoms with E-state index in [1.165, 1.54) is 25.7 Å². The predicted octanol–water partition coefficient (Wildman–Crippen LogP) is 6.63. The SMILES string of the molecule is CCCCN(CCCC)CCCC(O)c1cc(-c2ccccc2)nc2ccc(OC)cc12. The van der Waals surface area contributed by atoms with E-state index < -0.39 is 6.10 Å². The molecule has 3 aromatic rings. The van der Waals surface area contributed by atoms with Crippen molar-refractivity contribution in [2.45, 2.75) is 58.5 Å². The average Bonchev–Trinajstić information content (AvgIpc) is 2.84.